The molecule has 0 bridgehead atoms. The summed E-state index contributed by atoms with van der Waals surface area (Å²) in [6.07, 6.45) is 0. The Bertz CT molecular complexity index is 1440. The van der Waals surface area contributed by atoms with Crippen molar-refractivity contribution in [1.82, 2.24) is 0 Å². The van der Waals surface area contributed by atoms with Gasteiger partial charge in [-0.3, -0.25) is 0 Å². The van der Waals surface area contributed by atoms with Crippen LogP contribution < -0.4 is 0 Å². The van der Waals surface area contributed by atoms with E-state index in [0.717, 1.165) is 0 Å². The quantitative estimate of drug-likeness (QED) is 0.142. The highest BCUT2D eigenvalue weighted by atomic mass is 13.8. The molecule has 9 aromatic carbocycles. The van der Waals surface area contributed by atoms with Crippen LogP contribution in [0.5, 0.6) is 0 Å². The third-order valence-corrected chi connectivity index (χ3v) is 6.82. The van der Waals surface area contributed by atoms with Gasteiger partial charge in [0.1, 0.15) is 0 Å². The summed E-state index contributed by atoms with van der Waals surface area (Å²) in [4.78, 5) is 0. The zero-order valence-corrected chi connectivity index (χ0v) is 51.9. The summed E-state index contributed by atoms with van der Waals surface area (Å²) in [6.45, 7) is 42.3. The first-order chi connectivity index (χ1) is 37.2. The molecule has 0 spiro atoms. The van der Waals surface area contributed by atoms with Gasteiger partial charge >= 0.3 is 0 Å². The Balaban J connectivity index is -0.0000000899. The minimum Gasteiger partial charge on any atom is -0.0683 e. The maximum Gasteiger partial charge on any atom is -0.0398 e. The van der Waals surface area contributed by atoms with Gasteiger partial charge in [-0.15, -0.1) is 0 Å². The minimum absolute atomic E-state index is 1.32. The fraction of sp³-hybridized carbons (Fsp3) is 0.280. The maximum atomic E-state index is 2.08. The van der Waals surface area contributed by atoms with E-state index < -0.39 is 0 Å². The number of hydrogen-bond donors (Lipinski definition) is 0. The van der Waals surface area contributed by atoms with E-state index >= 15 is 0 Å². The van der Waals surface area contributed by atoms with Crippen molar-refractivity contribution in [2.24, 2.45) is 0 Å². The summed E-state index contributed by atoms with van der Waals surface area (Å²) in [5.74, 6) is 0. The van der Waals surface area contributed by atoms with E-state index in [0.29, 0.717) is 0 Å². The van der Waals surface area contributed by atoms with Crippen molar-refractivity contribution in [2.75, 3.05) is 0 Å². The standard InChI is InChI=1S/3C7H8.6C6H6.9C2H6/c3*1-7-5-3-2-4-6-7;6*1-2-4-6-5-3-1;9*1-2/h3*2-6H,1H3;6*1-6H;9*1-2H3. The summed E-state index contributed by atoms with van der Waals surface area (Å²) in [6, 6.07) is 103. The Morgan fingerprint density at radius 1 is 0.107 bits per heavy atom. The molecular formula is C75H114. The Morgan fingerprint density at radius 2 is 0.160 bits per heavy atom. The second-order valence-electron chi connectivity index (χ2n) is 11.9. The SMILES string of the molecule is CC.CC.CC.CC.CC.CC.CC.CC.CC.Cc1ccccc1.Cc1ccccc1.Cc1ccccc1.c1ccccc1.c1ccccc1.c1ccccc1.c1ccccc1.c1ccccc1.c1ccccc1. The molecule has 0 nitrogen and oxygen atoms in total. The molecule has 0 aliphatic rings. The first-order valence-electron chi connectivity index (χ1n) is 28.2. The van der Waals surface area contributed by atoms with Crippen LogP contribution in [0, 0.1) is 20.8 Å². The summed E-state index contributed by atoms with van der Waals surface area (Å²) in [5, 5.41) is 0. The fourth-order valence-corrected chi connectivity index (χ4v) is 3.91. The lowest BCUT2D eigenvalue weighted by molar-refractivity contribution is 1.48. The maximum absolute atomic E-state index is 2.08. The van der Waals surface area contributed by atoms with Crippen LogP contribution in [0.2, 0.25) is 0 Å². The summed E-state index contributed by atoms with van der Waals surface area (Å²) in [7, 11) is 0. The van der Waals surface area contributed by atoms with Gasteiger partial charge in [0.05, 0.1) is 0 Å². The predicted octanol–water partition coefficient (Wildman–Crippen LogP) is 25.3. The van der Waals surface area contributed by atoms with Crippen molar-refractivity contribution in [3.05, 3.63) is 326 Å². The molecular weight excluding hydrogens is 901 g/mol. The molecule has 0 amide bonds. The van der Waals surface area contributed by atoms with Crippen LogP contribution in [-0.4, -0.2) is 0 Å². The van der Waals surface area contributed by atoms with Crippen LogP contribution in [0.1, 0.15) is 141 Å². The molecule has 0 atom stereocenters. The highest BCUT2D eigenvalue weighted by Gasteiger charge is 1.73. The highest BCUT2D eigenvalue weighted by Crippen LogP contribution is 1.94. The van der Waals surface area contributed by atoms with Crippen LogP contribution in [-0.2, 0) is 0 Å². The van der Waals surface area contributed by atoms with Crippen molar-refractivity contribution in [3.8, 4) is 0 Å². The summed E-state index contributed by atoms with van der Waals surface area (Å²) < 4.78 is 0. The van der Waals surface area contributed by atoms with Crippen LogP contribution in [0.3, 0.4) is 0 Å². The van der Waals surface area contributed by atoms with Gasteiger partial charge in [0, 0.05) is 0 Å². The molecule has 0 heteroatoms. The van der Waals surface area contributed by atoms with E-state index in [1.165, 1.54) is 16.7 Å². The monoisotopic (exact) mass is 1010 g/mol. The van der Waals surface area contributed by atoms with Gasteiger partial charge in [0.15, 0.2) is 0 Å². The lowest BCUT2D eigenvalue weighted by Gasteiger charge is -1.82. The van der Waals surface area contributed by atoms with E-state index in [-0.39, 0.29) is 0 Å². The molecule has 9 rings (SSSR count). The van der Waals surface area contributed by atoms with Crippen molar-refractivity contribution in [1.29, 1.82) is 0 Å². The van der Waals surface area contributed by atoms with Crippen molar-refractivity contribution >= 4 is 0 Å². The minimum atomic E-state index is 1.32. The van der Waals surface area contributed by atoms with Gasteiger partial charge in [-0.1, -0.05) is 451 Å². The van der Waals surface area contributed by atoms with Gasteiger partial charge in [0.2, 0.25) is 0 Å². The Kier molecular flexibility index (Phi) is 121. The molecule has 414 valence electrons. The van der Waals surface area contributed by atoms with Crippen molar-refractivity contribution in [3.63, 3.8) is 0 Å². The third kappa shape index (κ3) is 101. The third-order valence-electron chi connectivity index (χ3n) is 6.82. The lowest BCUT2D eigenvalue weighted by Crippen LogP contribution is -1.62. The molecule has 0 radical (unpaired) electrons. The molecule has 0 saturated carbocycles. The molecule has 0 saturated heterocycles. The van der Waals surface area contributed by atoms with Gasteiger partial charge in [-0.05, 0) is 20.8 Å². The smallest absolute Gasteiger partial charge is 0.0398 e. The first kappa shape index (κ1) is 87.7. The Labute approximate surface area is 469 Å². The van der Waals surface area contributed by atoms with E-state index in [4.69, 9.17) is 0 Å². The van der Waals surface area contributed by atoms with Crippen molar-refractivity contribution < 1.29 is 0 Å². The van der Waals surface area contributed by atoms with E-state index in [1.54, 1.807) is 0 Å². The second kappa shape index (κ2) is 104. The van der Waals surface area contributed by atoms with Crippen LogP contribution in [0.4, 0.5) is 0 Å². The largest absolute Gasteiger partial charge is 0.0683 e. The lowest BCUT2D eigenvalue weighted by atomic mass is 10.2. The molecule has 0 fully saturated rings. The van der Waals surface area contributed by atoms with Crippen LogP contribution in [0.15, 0.2) is 309 Å². The molecule has 0 aromatic heterocycles. The van der Waals surface area contributed by atoms with E-state index in [2.05, 4.69) is 57.2 Å². The molecule has 0 heterocycles. The molecule has 75 heavy (non-hydrogen) atoms. The zero-order chi connectivity index (χ0) is 58.8. The molecule has 0 aliphatic heterocycles. The number of rotatable bonds is 0. The molecule has 0 N–H and O–H groups in total. The summed E-state index contributed by atoms with van der Waals surface area (Å²) in [5.41, 5.74) is 3.97. The average Bonchev–Trinajstić information content (AvgIpc) is 3.56. The topological polar surface area (TPSA) is 0 Å². The summed E-state index contributed by atoms with van der Waals surface area (Å²) >= 11 is 0. The van der Waals surface area contributed by atoms with Gasteiger partial charge in [0.25, 0.3) is 0 Å². The van der Waals surface area contributed by atoms with Gasteiger partial charge < -0.3 is 0 Å². The molecule has 0 aliphatic carbocycles. The number of aryl methyl sites for hydroxylation is 3. The highest BCUT2D eigenvalue weighted by molar-refractivity contribution is 5.13. The van der Waals surface area contributed by atoms with Crippen LogP contribution in [0.25, 0.3) is 0 Å². The Hall–Kier alpha value is -7.02. The molecule has 9 aromatic rings. The van der Waals surface area contributed by atoms with Crippen LogP contribution >= 0.6 is 0 Å². The second-order valence-corrected chi connectivity index (χ2v) is 11.9. The fourth-order valence-electron chi connectivity index (χ4n) is 3.91. The van der Waals surface area contributed by atoms with Crippen molar-refractivity contribution in [2.45, 2.75) is 145 Å². The number of benzene rings is 9. The van der Waals surface area contributed by atoms with E-state index in [9.17, 15) is 0 Å². The first-order valence-corrected chi connectivity index (χ1v) is 28.2. The number of hydrogen-bond acceptors (Lipinski definition) is 0. The molecule has 0 unspecified atom stereocenters. The van der Waals surface area contributed by atoms with Gasteiger partial charge in [-0.25, -0.2) is 0 Å². The zero-order valence-electron chi connectivity index (χ0n) is 51.9. The van der Waals surface area contributed by atoms with E-state index in [1.807, 2.05) is 398 Å². The van der Waals surface area contributed by atoms with Gasteiger partial charge in [-0.2, -0.15) is 0 Å². The predicted molar refractivity (Wildman–Crippen MR) is 354 cm³/mol. The average molecular weight is 1020 g/mol. The Morgan fingerprint density at radius 3 is 0.200 bits per heavy atom. The normalized spacial score (nSPS) is 7.00.